The van der Waals surface area contributed by atoms with Gasteiger partial charge in [0.1, 0.15) is 12.1 Å². The van der Waals surface area contributed by atoms with Crippen LogP contribution < -0.4 is 5.32 Å². The molecule has 3 aromatic rings. The van der Waals surface area contributed by atoms with Gasteiger partial charge in [-0.2, -0.15) is 0 Å². The van der Waals surface area contributed by atoms with E-state index in [2.05, 4.69) is 15.3 Å². The second-order valence-electron chi connectivity index (χ2n) is 4.78. The molecule has 4 nitrogen and oxygen atoms in total. The van der Waals surface area contributed by atoms with Crippen molar-refractivity contribution < 1.29 is 5.11 Å². The molecule has 3 rings (SSSR count). The van der Waals surface area contributed by atoms with E-state index >= 15 is 0 Å². The Morgan fingerprint density at radius 1 is 1.29 bits per heavy atom. The Bertz CT molecular complexity index is 757. The summed E-state index contributed by atoms with van der Waals surface area (Å²) in [6.07, 6.45) is 1.53. The highest BCUT2D eigenvalue weighted by molar-refractivity contribution is 7.22. The molecular weight excluding hydrogens is 306 g/mol. The topological polar surface area (TPSA) is 58.0 Å². The third-order valence-corrected chi connectivity index (χ3v) is 4.53. The highest BCUT2D eigenvalue weighted by atomic mass is 35.5. The molecule has 108 valence electrons. The molecule has 0 saturated heterocycles. The molecule has 1 unspecified atom stereocenters. The van der Waals surface area contributed by atoms with Crippen LogP contribution >= 0.6 is 22.9 Å². The van der Waals surface area contributed by atoms with Crippen LogP contribution in [-0.2, 0) is 0 Å². The first-order valence-electron chi connectivity index (χ1n) is 6.55. The Kier molecular flexibility index (Phi) is 4.05. The van der Waals surface area contributed by atoms with E-state index in [0.717, 1.165) is 31.5 Å². The van der Waals surface area contributed by atoms with Gasteiger partial charge in [-0.1, -0.05) is 23.7 Å². The van der Waals surface area contributed by atoms with Crippen LogP contribution in [0.15, 0.2) is 36.7 Å². The summed E-state index contributed by atoms with van der Waals surface area (Å²) in [4.78, 5) is 9.69. The van der Waals surface area contributed by atoms with E-state index in [1.54, 1.807) is 11.3 Å². The van der Waals surface area contributed by atoms with Crippen molar-refractivity contribution in [3.63, 3.8) is 0 Å². The molecule has 0 aliphatic rings. The van der Waals surface area contributed by atoms with Crippen molar-refractivity contribution in [2.75, 3.05) is 11.9 Å². The van der Waals surface area contributed by atoms with E-state index in [9.17, 15) is 0 Å². The molecule has 2 heterocycles. The minimum absolute atomic E-state index is 0.0517. The van der Waals surface area contributed by atoms with E-state index < -0.39 is 0 Å². The summed E-state index contributed by atoms with van der Waals surface area (Å²) < 4.78 is 0.989. The second kappa shape index (κ2) is 5.97. The minimum atomic E-state index is -0.0517. The summed E-state index contributed by atoms with van der Waals surface area (Å²) in [5, 5.41) is 13.1. The summed E-state index contributed by atoms with van der Waals surface area (Å²) >= 11 is 7.55. The molecule has 0 fully saturated rings. The molecule has 0 amide bonds. The van der Waals surface area contributed by atoms with Crippen LogP contribution in [0.1, 0.15) is 6.92 Å². The van der Waals surface area contributed by atoms with E-state index in [0.29, 0.717) is 0 Å². The lowest BCUT2D eigenvalue weighted by atomic mass is 10.2. The van der Waals surface area contributed by atoms with E-state index in [-0.39, 0.29) is 12.6 Å². The van der Waals surface area contributed by atoms with Crippen LogP contribution in [0, 0.1) is 0 Å². The summed E-state index contributed by atoms with van der Waals surface area (Å²) in [7, 11) is 0. The fraction of sp³-hybridized carbons (Fsp3) is 0.200. The van der Waals surface area contributed by atoms with Crippen molar-refractivity contribution in [1.29, 1.82) is 0 Å². The van der Waals surface area contributed by atoms with Crippen molar-refractivity contribution in [1.82, 2.24) is 9.97 Å². The van der Waals surface area contributed by atoms with Gasteiger partial charge in [0.25, 0.3) is 0 Å². The van der Waals surface area contributed by atoms with Crippen LogP contribution in [0.4, 0.5) is 5.82 Å². The third-order valence-electron chi connectivity index (χ3n) is 3.10. The number of aliphatic hydroxyl groups is 1. The Morgan fingerprint density at radius 3 is 2.76 bits per heavy atom. The van der Waals surface area contributed by atoms with Crippen LogP contribution in [-0.4, -0.2) is 27.7 Å². The summed E-state index contributed by atoms with van der Waals surface area (Å²) in [5.41, 5.74) is 2.00. The molecule has 21 heavy (non-hydrogen) atoms. The van der Waals surface area contributed by atoms with E-state index in [1.807, 2.05) is 37.3 Å². The number of hydrogen-bond donors (Lipinski definition) is 2. The Morgan fingerprint density at radius 2 is 2.05 bits per heavy atom. The SMILES string of the molecule is CC(CO)Nc1ncnc2cc(-c3ccc(Cl)cc3)sc12. The number of aromatic nitrogens is 2. The van der Waals surface area contributed by atoms with E-state index in [1.165, 1.54) is 6.33 Å². The molecular formula is C15H14ClN3OS. The van der Waals surface area contributed by atoms with Crippen molar-refractivity contribution >= 4 is 39.0 Å². The van der Waals surface area contributed by atoms with Gasteiger partial charge in [-0.25, -0.2) is 9.97 Å². The van der Waals surface area contributed by atoms with Gasteiger partial charge in [-0.05, 0) is 30.7 Å². The highest BCUT2D eigenvalue weighted by Gasteiger charge is 2.11. The van der Waals surface area contributed by atoms with Crippen LogP contribution in [0.5, 0.6) is 0 Å². The fourth-order valence-electron chi connectivity index (χ4n) is 1.99. The third kappa shape index (κ3) is 3.00. The first kappa shape index (κ1) is 14.3. The van der Waals surface area contributed by atoms with Gasteiger partial charge in [0.2, 0.25) is 0 Å². The Hall–Kier alpha value is -1.69. The predicted molar refractivity (Wildman–Crippen MR) is 88.0 cm³/mol. The van der Waals surface area contributed by atoms with Crippen molar-refractivity contribution in [2.45, 2.75) is 13.0 Å². The fourth-order valence-corrected chi connectivity index (χ4v) is 3.19. The van der Waals surface area contributed by atoms with Gasteiger partial charge in [0, 0.05) is 15.9 Å². The summed E-state index contributed by atoms with van der Waals surface area (Å²) in [5.74, 6) is 0.756. The zero-order valence-electron chi connectivity index (χ0n) is 11.4. The molecule has 0 aliphatic carbocycles. The highest BCUT2D eigenvalue weighted by Crippen LogP contribution is 2.36. The number of aliphatic hydroxyl groups excluding tert-OH is 1. The molecule has 1 atom stereocenters. The lowest BCUT2D eigenvalue weighted by Crippen LogP contribution is -2.20. The van der Waals surface area contributed by atoms with Crippen LogP contribution in [0.3, 0.4) is 0 Å². The molecule has 1 aromatic carbocycles. The first-order valence-corrected chi connectivity index (χ1v) is 7.74. The number of fused-ring (bicyclic) bond motifs is 1. The van der Waals surface area contributed by atoms with Gasteiger partial charge < -0.3 is 10.4 Å². The van der Waals surface area contributed by atoms with Crippen molar-refractivity contribution in [3.05, 3.63) is 41.7 Å². The van der Waals surface area contributed by atoms with Gasteiger partial charge >= 0.3 is 0 Å². The molecule has 2 aromatic heterocycles. The standard InChI is InChI=1S/C15H14ClN3OS/c1-9(7-20)19-15-14-12(17-8-18-15)6-13(21-14)10-2-4-11(16)5-3-10/h2-6,8-9,20H,7H2,1H3,(H,17,18,19). The maximum Gasteiger partial charge on any atom is 0.147 e. The van der Waals surface area contributed by atoms with Gasteiger partial charge in [-0.3, -0.25) is 0 Å². The second-order valence-corrected chi connectivity index (χ2v) is 6.27. The average Bonchev–Trinajstić information content (AvgIpc) is 2.93. The number of nitrogens with zero attached hydrogens (tertiary/aromatic N) is 2. The Balaban J connectivity index is 2.03. The monoisotopic (exact) mass is 319 g/mol. The normalized spacial score (nSPS) is 12.5. The van der Waals surface area contributed by atoms with Crippen molar-refractivity contribution in [3.8, 4) is 10.4 Å². The lowest BCUT2D eigenvalue weighted by Gasteiger charge is -2.11. The molecule has 0 saturated carbocycles. The maximum atomic E-state index is 9.16. The van der Waals surface area contributed by atoms with Crippen molar-refractivity contribution in [2.24, 2.45) is 0 Å². The molecule has 0 spiro atoms. The summed E-state index contributed by atoms with van der Waals surface area (Å²) in [6.45, 7) is 1.96. The van der Waals surface area contributed by atoms with Gasteiger partial charge in [-0.15, -0.1) is 11.3 Å². The molecule has 0 aliphatic heterocycles. The molecule has 6 heteroatoms. The van der Waals surface area contributed by atoms with E-state index in [4.69, 9.17) is 16.7 Å². The van der Waals surface area contributed by atoms with Crippen LogP contribution in [0.25, 0.3) is 20.7 Å². The zero-order chi connectivity index (χ0) is 14.8. The number of benzene rings is 1. The van der Waals surface area contributed by atoms with Gasteiger partial charge in [0.05, 0.1) is 16.8 Å². The largest absolute Gasteiger partial charge is 0.394 e. The lowest BCUT2D eigenvalue weighted by molar-refractivity contribution is 0.281. The quantitative estimate of drug-likeness (QED) is 0.768. The number of halogens is 1. The molecule has 0 radical (unpaired) electrons. The van der Waals surface area contributed by atoms with Gasteiger partial charge in [0.15, 0.2) is 0 Å². The average molecular weight is 320 g/mol. The first-order chi connectivity index (χ1) is 10.2. The predicted octanol–water partition coefficient (Wildman–Crippen LogP) is 3.80. The number of rotatable bonds is 4. The number of nitrogens with one attached hydrogen (secondary N) is 1. The summed E-state index contributed by atoms with van der Waals surface area (Å²) in [6, 6.07) is 9.72. The number of thiophene rings is 1. The van der Waals surface area contributed by atoms with Crippen LogP contribution in [0.2, 0.25) is 5.02 Å². The maximum absolute atomic E-state index is 9.16. The number of anilines is 1. The molecule has 0 bridgehead atoms. The Labute approximate surface area is 131 Å². The molecule has 2 N–H and O–H groups in total. The minimum Gasteiger partial charge on any atom is -0.394 e. The number of hydrogen-bond acceptors (Lipinski definition) is 5. The smallest absolute Gasteiger partial charge is 0.147 e. The zero-order valence-corrected chi connectivity index (χ0v) is 12.9.